The Labute approximate surface area is 138 Å². The van der Waals surface area contributed by atoms with Crippen LogP contribution in [0.4, 0.5) is 13.2 Å². The molecule has 130 valence electrons. The molecule has 0 bridgehead atoms. The number of carboxylic acid groups (broad SMARTS) is 1. The summed E-state index contributed by atoms with van der Waals surface area (Å²) in [5, 5.41) is 9.13. The fourth-order valence-corrected chi connectivity index (χ4v) is 2.75. The smallest absolute Gasteiger partial charge is 0.393 e. The summed E-state index contributed by atoms with van der Waals surface area (Å²) in [6.45, 7) is 0.843. The molecule has 1 heterocycles. The van der Waals surface area contributed by atoms with Gasteiger partial charge < -0.3 is 9.84 Å². The third-order valence-corrected chi connectivity index (χ3v) is 3.87. The van der Waals surface area contributed by atoms with Crippen LogP contribution in [0.2, 0.25) is 0 Å². The molecule has 23 heavy (non-hydrogen) atoms. The summed E-state index contributed by atoms with van der Waals surface area (Å²) in [5.41, 5.74) is 0.686. The molecule has 0 saturated carbocycles. The Morgan fingerprint density at radius 1 is 1.43 bits per heavy atom. The molecule has 1 aliphatic heterocycles. The van der Waals surface area contributed by atoms with Crippen molar-refractivity contribution in [2.24, 2.45) is 5.92 Å². The largest absolute Gasteiger partial charge is 0.496 e. The number of hydrogen-bond donors (Lipinski definition) is 1. The lowest BCUT2D eigenvalue weighted by atomic mass is 9.97. The number of likely N-dealkylation sites (tertiary alicyclic amines) is 1. The van der Waals surface area contributed by atoms with Gasteiger partial charge in [-0.3, -0.25) is 4.90 Å². The van der Waals surface area contributed by atoms with Gasteiger partial charge in [-0.2, -0.15) is 13.2 Å². The quantitative estimate of drug-likeness (QED) is 0.898. The molecular formula is C15H19ClF3NO3. The van der Waals surface area contributed by atoms with Crippen LogP contribution < -0.4 is 4.74 Å². The van der Waals surface area contributed by atoms with Crippen molar-refractivity contribution in [3.05, 3.63) is 29.3 Å². The number of methoxy groups -OCH3 is 1. The summed E-state index contributed by atoms with van der Waals surface area (Å²) >= 11 is 0. The van der Waals surface area contributed by atoms with Gasteiger partial charge in [0.1, 0.15) is 11.3 Å². The van der Waals surface area contributed by atoms with Crippen molar-refractivity contribution in [1.29, 1.82) is 0 Å². The highest BCUT2D eigenvalue weighted by atomic mass is 35.5. The van der Waals surface area contributed by atoms with Crippen LogP contribution >= 0.6 is 12.4 Å². The van der Waals surface area contributed by atoms with E-state index in [1.165, 1.54) is 19.2 Å². The van der Waals surface area contributed by atoms with Gasteiger partial charge in [0.25, 0.3) is 0 Å². The molecule has 1 atom stereocenters. The lowest BCUT2D eigenvalue weighted by molar-refractivity contribution is -0.187. The molecule has 1 saturated heterocycles. The standard InChI is InChI=1S/C15H18F3NO3.ClH/c1-22-13-5-4-10(7-12(13)14(20)21)8-19-6-2-3-11(9-19)15(16,17)18;/h4-5,7,11H,2-3,6,8-9H2,1H3,(H,20,21);1H. The molecule has 8 heteroatoms. The lowest BCUT2D eigenvalue weighted by Crippen LogP contribution is -2.41. The molecule has 2 rings (SSSR count). The van der Waals surface area contributed by atoms with Crippen LogP contribution in [0, 0.1) is 5.92 Å². The minimum atomic E-state index is -4.18. The fraction of sp³-hybridized carbons (Fsp3) is 0.533. The second-order valence-electron chi connectivity index (χ2n) is 5.46. The first kappa shape index (κ1) is 19.6. The van der Waals surface area contributed by atoms with E-state index in [2.05, 4.69) is 0 Å². The highest BCUT2D eigenvalue weighted by molar-refractivity contribution is 5.91. The Bertz CT molecular complexity index is 551. The van der Waals surface area contributed by atoms with E-state index in [0.29, 0.717) is 25.1 Å². The van der Waals surface area contributed by atoms with E-state index < -0.39 is 18.1 Å². The molecule has 0 spiro atoms. The molecule has 1 aliphatic rings. The summed E-state index contributed by atoms with van der Waals surface area (Å²) < 4.78 is 43.4. The van der Waals surface area contributed by atoms with Gasteiger partial charge in [-0.1, -0.05) is 6.07 Å². The number of aromatic carboxylic acids is 1. The minimum Gasteiger partial charge on any atom is -0.496 e. The van der Waals surface area contributed by atoms with Crippen LogP contribution in [0.15, 0.2) is 18.2 Å². The number of nitrogens with zero attached hydrogens (tertiary/aromatic N) is 1. The van der Waals surface area contributed by atoms with Crippen molar-refractivity contribution in [1.82, 2.24) is 4.90 Å². The van der Waals surface area contributed by atoms with Gasteiger partial charge in [0.2, 0.25) is 0 Å². The first-order chi connectivity index (χ1) is 10.3. The number of carbonyl (C=O) groups is 1. The molecule has 0 aliphatic carbocycles. The molecule has 0 amide bonds. The molecule has 0 radical (unpaired) electrons. The number of carboxylic acids is 1. The van der Waals surface area contributed by atoms with Gasteiger partial charge in [-0.05, 0) is 37.1 Å². The first-order valence-corrected chi connectivity index (χ1v) is 7.00. The highest BCUT2D eigenvalue weighted by Gasteiger charge is 2.41. The van der Waals surface area contributed by atoms with Crippen LogP contribution in [-0.2, 0) is 6.54 Å². The van der Waals surface area contributed by atoms with Gasteiger partial charge in [0, 0.05) is 13.1 Å². The first-order valence-electron chi connectivity index (χ1n) is 7.00. The summed E-state index contributed by atoms with van der Waals surface area (Å²) in [6.07, 6.45) is -3.53. The van der Waals surface area contributed by atoms with Crippen molar-refractivity contribution in [3.63, 3.8) is 0 Å². The monoisotopic (exact) mass is 353 g/mol. The maximum Gasteiger partial charge on any atom is 0.393 e. The van der Waals surface area contributed by atoms with Crippen molar-refractivity contribution in [3.8, 4) is 5.75 Å². The Hall–Kier alpha value is -1.47. The van der Waals surface area contributed by atoms with Crippen molar-refractivity contribution in [2.75, 3.05) is 20.2 Å². The fourth-order valence-electron chi connectivity index (χ4n) is 2.75. The average Bonchev–Trinajstić information content (AvgIpc) is 2.46. The van der Waals surface area contributed by atoms with Gasteiger partial charge in [-0.15, -0.1) is 12.4 Å². The third-order valence-electron chi connectivity index (χ3n) is 3.87. The van der Waals surface area contributed by atoms with Crippen LogP contribution in [0.25, 0.3) is 0 Å². The van der Waals surface area contributed by atoms with E-state index in [0.717, 1.165) is 0 Å². The number of halogens is 4. The maximum absolute atomic E-state index is 12.8. The zero-order chi connectivity index (χ0) is 16.3. The summed E-state index contributed by atoms with van der Waals surface area (Å²) in [5.74, 6) is -2.19. The molecule has 1 aromatic carbocycles. The topological polar surface area (TPSA) is 49.8 Å². The SMILES string of the molecule is COc1ccc(CN2CCCC(C(F)(F)F)C2)cc1C(=O)O.Cl. The Morgan fingerprint density at radius 2 is 2.13 bits per heavy atom. The molecule has 1 aromatic rings. The van der Waals surface area contributed by atoms with E-state index in [-0.39, 0.29) is 36.7 Å². The predicted molar refractivity (Wildman–Crippen MR) is 81.3 cm³/mol. The predicted octanol–water partition coefficient (Wildman–Crippen LogP) is 3.59. The van der Waals surface area contributed by atoms with Crippen molar-refractivity contribution < 1.29 is 27.8 Å². The van der Waals surface area contributed by atoms with Crippen LogP contribution in [0.5, 0.6) is 5.75 Å². The second-order valence-corrected chi connectivity index (χ2v) is 5.46. The second kappa shape index (κ2) is 7.88. The summed E-state index contributed by atoms with van der Waals surface area (Å²) in [6, 6.07) is 4.67. The Balaban J connectivity index is 0.00000264. The van der Waals surface area contributed by atoms with Gasteiger partial charge in [-0.25, -0.2) is 4.79 Å². The third kappa shape index (κ3) is 5.00. The summed E-state index contributed by atoms with van der Waals surface area (Å²) in [7, 11) is 1.38. The molecular weight excluding hydrogens is 335 g/mol. The van der Waals surface area contributed by atoms with E-state index in [9.17, 15) is 18.0 Å². The van der Waals surface area contributed by atoms with E-state index in [1.807, 2.05) is 0 Å². The molecule has 1 fully saturated rings. The summed E-state index contributed by atoms with van der Waals surface area (Å²) in [4.78, 5) is 12.9. The number of benzene rings is 1. The number of rotatable bonds is 4. The number of hydrogen-bond acceptors (Lipinski definition) is 3. The highest BCUT2D eigenvalue weighted by Crippen LogP contribution is 2.33. The van der Waals surface area contributed by atoms with Crippen LogP contribution in [-0.4, -0.2) is 42.4 Å². The van der Waals surface area contributed by atoms with E-state index in [1.54, 1.807) is 11.0 Å². The number of alkyl halides is 3. The average molecular weight is 354 g/mol. The van der Waals surface area contributed by atoms with Gasteiger partial charge in [0.15, 0.2) is 0 Å². The lowest BCUT2D eigenvalue weighted by Gasteiger charge is -2.33. The van der Waals surface area contributed by atoms with Crippen molar-refractivity contribution >= 4 is 18.4 Å². The molecule has 0 aromatic heterocycles. The van der Waals surface area contributed by atoms with E-state index in [4.69, 9.17) is 9.84 Å². The molecule has 1 unspecified atom stereocenters. The molecule has 1 N–H and O–H groups in total. The zero-order valence-corrected chi connectivity index (χ0v) is 13.4. The Morgan fingerprint density at radius 3 is 2.70 bits per heavy atom. The number of ether oxygens (including phenoxy) is 1. The maximum atomic E-state index is 12.8. The number of piperidine rings is 1. The van der Waals surface area contributed by atoms with Crippen LogP contribution in [0.1, 0.15) is 28.8 Å². The van der Waals surface area contributed by atoms with Crippen LogP contribution in [0.3, 0.4) is 0 Å². The molecule has 4 nitrogen and oxygen atoms in total. The van der Waals surface area contributed by atoms with E-state index >= 15 is 0 Å². The minimum absolute atomic E-state index is 0. The van der Waals surface area contributed by atoms with Gasteiger partial charge in [0.05, 0.1) is 13.0 Å². The van der Waals surface area contributed by atoms with Crippen molar-refractivity contribution in [2.45, 2.75) is 25.6 Å². The zero-order valence-electron chi connectivity index (χ0n) is 12.6. The normalized spacial score (nSPS) is 19.0. The Kier molecular flexibility index (Phi) is 6.70. The van der Waals surface area contributed by atoms with Gasteiger partial charge >= 0.3 is 12.1 Å².